The normalized spacial score (nSPS) is 11.6. The number of carbonyl (C=O) groups excluding carboxylic acids is 1. The molecule has 5 heteroatoms. The summed E-state index contributed by atoms with van der Waals surface area (Å²) in [5.74, 6) is 0.237. The molecule has 0 radical (unpaired) electrons. The van der Waals surface area contributed by atoms with E-state index in [1.807, 2.05) is 48.7 Å². The van der Waals surface area contributed by atoms with Crippen LogP contribution in [0.2, 0.25) is 0 Å². The van der Waals surface area contributed by atoms with E-state index < -0.39 is 0 Å². The molecule has 1 aromatic carbocycles. The Kier molecular flexibility index (Phi) is 4.85. The Morgan fingerprint density at radius 3 is 2.54 bits per heavy atom. The van der Waals surface area contributed by atoms with Crippen molar-refractivity contribution in [3.05, 3.63) is 82.8 Å². The van der Waals surface area contributed by atoms with Crippen molar-refractivity contribution in [2.75, 3.05) is 5.32 Å². The molecule has 0 aliphatic heterocycles. The highest BCUT2D eigenvalue weighted by Gasteiger charge is 2.23. The Labute approximate surface area is 152 Å². The smallest absolute Gasteiger partial charge is 0.258 e. The van der Waals surface area contributed by atoms with Crippen LogP contribution in [-0.4, -0.2) is 15.5 Å². The van der Waals surface area contributed by atoms with Gasteiger partial charge in [-0.25, -0.2) is 0 Å². The minimum atomic E-state index is -0.284. The summed E-state index contributed by atoms with van der Waals surface area (Å²) >= 11 is 0. The number of aromatic nitrogens is 2. The van der Waals surface area contributed by atoms with Crippen LogP contribution in [0, 0.1) is 25.2 Å². The molecule has 0 fully saturated rings. The molecule has 3 aromatic rings. The van der Waals surface area contributed by atoms with Crippen molar-refractivity contribution in [2.45, 2.75) is 26.8 Å². The predicted molar refractivity (Wildman–Crippen MR) is 101 cm³/mol. The minimum Gasteiger partial charge on any atom is -0.323 e. The third-order valence-corrected chi connectivity index (χ3v) is 4.69. The second-order valence-electron chi connectivity index (χ2n) is 6.20. The van der Waals surface area contributed by atoms with Crippen LogP contribution in [0.3, 0.4) is 0 Å². The maximum Gasteiger partial charge on any atom is 0.258 e. The van der Waals surface area contributed by atoms with Crippen LogP contribution in [-0.2, 0) is 0 Å². The maximum absolute atomic E-state index is 12.6. The molecule has 2 heterocycles. The summed E-state index contributed by atoms with van der Waals surface area (Å²) in [7, 11) is 0. The van der Waals surface area contributed by atoms with Gasteiger partial charge in [0.2, 0.25) is 0 Å². The highest BCUT2D eigenvalue weighted by atomic mass is 16.1. The summed E-state index contributed by atoms with van der Waals surface area (Å²) in [6.07, 6.45) is 3.13. The number of nitrogens with one attached hydrogen (secondary N) is 1. The first-order valence-electron chi connectivity index (χ1n) is 8.42. The number of anilines is 1. The molecule has 3 rings (SSSR count). The van der Waals surface area contributed by atoms with Gasteiger partial charge in [0.25, 0.3) is 5.91 Å². The molecule has 130 valence electrons. The number of nitrogens with zero attached hydrogens (tertiary/aromatic N) is 3. The average molecular weight is 344 g/mol. The van der Waals surface area contributed by atoms with E-state index >= 15 is 0 Å². The summed E-state index contributed by atoms with van der Waals surface area (Å²) in [5, 5.41) is 12.6. The molecule has 0 aliphatic carbocycles. The van der Waals surface area contributed by atoms with Crippen molar-refractivity contribution in [3.8, 4) is 6.07 Å². The fourth-order valence-electron chi connectivity index (χ4n) is 3.13. The monoisotopic (exact) mass is 344 g/mol. The quantitative estimate of drug-likeness (QED) is 0.770. The molecule has 1 N–H and O–H groups in total. The molecule has 2 aromatic heterocycles. The van der Waals surface area contributed by atoms with E-state index in [1.54, 1.807) is 18.3 Å². The van der Waals surface area contributed by atoms with Crippen molar-refractivity contribution >= 4 is 11.7 Å². The Balaban J connectivity index is 2.08. The highest BCUT2D eigenvalue weighted by molar-refractivity contribution is 6.04. The zero-order valence-electron chi connectivity index (χ0n) is 15.0. The number of nitriles is 1. The lowest BCUT2D eigenvalue weighted by molar-refractivity contribution is 0.102. The number of rotatable bonds is 4. The molecular formula is C21H20N4O. The second kappa shape index (κ2) is 7.24. The molecule has 1 amide bonds. The van der Waals surface area contributed by atoms with E-state index in [9.17, 15) is 10.1 Å². The van der Waals surface area contributed by atoms with Crippen molar-refractivity contribution in [1.82, 2.24) is 9.55 Å². The van der Waals surface area contributed by atoms with E-state index in [2.05, 4.69) is 23.3 Å². The topological polar surface area (TPSA) is 70.7 Å². The predicted octanol–water partition coefficient (Wildman–Crippen LogP) is 4.23. The van der Waals surface area contributed by atoms with Gasteiger partial charge in [-0.3, -0.25) is 9.78 Å². The Bertz CT molecular complexity index is 969. The third-order valence-electron chi connectivity index (χ3n) is 4.69. The Morgan fingerprint density at radius 1 is 1.19 bits per heavy atom. The molecule has 0 bridgehead atoms. The first-order chi connectivity index (χ1) is 12.5. The standard InChI is InChI=1S/C21H20N4O/c1-14-15(2)25(16(3)17-8-5-4-6-9-17)20(19(14)12-22)24-21(26)18-10-7-11-23-13-18/h4-11,13,16H,1-3H3,(H,24,26). The SMILES string of the molecule is Cc1c(C#N)c(NC(=O)c2cccnc2)n(C(C)c2ccccc2)c1C. The van der Waals surface area contributed by atoms with E-state index in [4.69, 9.17) is 0 Å². The average Bonchev–Trinajstić information content (AvgIpc) is 2.92. The van der Waals surface area contributed by atoms with Gasteiger partial charge >= 0.3 is 0 Å². The van der Waals surface area contributed by atoms with Gasteiger partial charge in [-0.05, 0) is 44.0 Å². The number of amides is 1. The lowest BCUT2D eigenvalue weighted by Gasteiger charge is -2.20. The Morgan fingerprint density at radius 2 is 1.92 bits per heavy atom. The van der Waals surface area contributed by atoms with Gasteiger partial charge in [0.15, 0.2) is 0 Å². The first kappa shape index (κ1) is 17.4. The van der Waals surface area contributed by atoms with Crippen LogP contribution < -0.4 is 5.32 Å². The third kappa shape index (κ3) is 3.09. The molecule has 26 heavy (non-hydrogen) atoms. The lowest BCUT2D eigenvalue weighted by atomic mass is 10.1. The largest absolute Gasteiger partial charge is 0.323 e. The summed E-state index contributed by atoms with van der Waals surface area (Å²) in [6.45, 7) is 5.93. The zero-order chi connectivity index (χ0) is 18.7. The van der Waals surface area contributed by atoms with Crippen LogP contribution >= 0.6 is 0 Å². The first-order valence-corrected chi connectivity index (χ1v) is 8.42. The number of pyridine rings is 1. The molecule has 0 aliphatic rings. The maximum atomic E-state index is 12.6. The molecule has 1 unspecified atom stereocenters. The van der Waals surface area contributed by atoms with Gasteiger partial charge in [-0.2, -0.15) is 5.26 Å². The van der Waals surface area contributed by atoms with Gasteiger partial charge in [0, 0.05) is 18.1 Å². The van der Waals surface area contributed by atoms with Gasteiger partial charge < -0.3 is 9.88 Å². The van der Waals surface area contributed by atoms with E-state index in [-0.39, 0.29) is 11.9 Å². The van der Waals surface area contributed by atoms with Crippen molar-refractivity contribution in [2.24, 2.45) is 0 Å². The van der Waals surface area contributed by atoms with Crippen LogP contribution in [0.5, 0.6) is 0 Å². The Hall–Kier alpha value is -3.39. The summed E-state index contributed by atoms with van der Waals surface area (Å²) in [5.41, 5.74) is 3.87. The number of benzene rings is 1. The summed E-state index contributed by atoms with van der Waals surface area (Å²) in [6, 6.07) is 15.6. The summed E-state index contributed by atoms with van der Waals surface area (Å²) in [4.78, 5) is 16.6. The fraction of sp³-hybridized carbons (Fsp3) is 0.190. The van der Waals surface area contributed by atoms with Crippen LogP contribution in [0.15, 0.2) is 54.9 Å². The van der Waals surface area contributed by atoms with Gasteiger partial charge in [0.05, 0.1) is 17.2 Å². The highest BCUT2D eigenvalue weighted by Crippen LogP contribution is 2.32. The van der Waals surface area contributed by atoms with E-state index in [0.717, 1.165) is 16.8 Å². The van der Waals surface area contributed by atoms with Crippen molar-refractivity contribution in [3.63, 3.8) is 0 Å². The minimum absolute atomic E-state index is 0.0267. The van der Waals surface area contributed by atoms with Crippen molar-refractivity contribution < 1.29 is 4.79 Å². The van der Waals surface area contributed by atoms with E-state index in [1.165, 1.54) is 6.20 Å². The van der Waals surface area contributed by atoms with Gasteiger partial charge in [-0.1, -0.05) is 30.3 Å². The molecule has 0 spiro atoms. The van der Waals surface area contributed by atoms with Gasteiger partial charge in [0.1, 0.15) is 11.9 Å². The fourth-order valence-corrected chi connectivity index (χ4v) is 3.13. The number of carbonyl (C=O) groups is 1. The van der Waals surface area contributed by atoms with Gasteiger partial charge in [-0.15, -0.1) is 0 Å². The lowest BCUT2D eigenvalue weighted by Crippen LogP contribution is -2.19. The van der Waals surface area contributed by atoms with Crippen LogP contribution in [0.1, 0.15) is 45.7 Å². The number of hydrogen-bond acceptors (Lipinski definition) is 3. The second-order valence-corrected chi connectivity index (χ2v) is 6.20. The molecular weight excluding hydrogens is 324 g/mol. The molecule has 5 nitrogen and oxygen atoms in total. The van der Waals surface area contributed by atoms with E-state index in [0.29, 0.717) is 16.9 Å². The zero-order valence-corrected chi connectivity index (χ0v) is 15.0. The van der Waals surface area contributed by atoms with Crippen molar-refractivity contribution in [1.29, 1.82) is 5.26 Å². The summed E-state index contributed by atoms with van der Waals surface area (Å²) < 4.78 is 2.01. The van der Waals surface area contributed by atoms with Crippen LogP contribution in [0.25, 0.3) is 0 Å². The molecule has 0 saturated heterocycles. The van der Waals surface area contributed by atoms with Crippen LogP contribution in [0.4, 0.5) is 5.82 Å². The molecule has 0 saturated carbocycles. The molecule has 1 atom stereocenters. The number of hydrogen-bond donors (Lipinski definition) is 1.